The van der Waals surface area contributed by atoms with Crippen molar-refractivity contribution in [3.05, 3.63) is 39.2 Å². The molecule has 0 aliphatic rings. The predicted molar refractivity (Wildman–Crippen MR) is 115 cm³/mol. The van der Waals surface area contributed by atoms with Crippen molar-refractivity contribution in [2.45, 2.75) is 20.4 Å². The normalized spacial score (nSPS) is 10.3. The van der Waals surface area contributed by atoms with E-state index in [4.69, 9.17) is 18.9 Å². The van der Waals surface area contributed by atoms with E-state index in [0.29, 0.717) is 17.6 Å². The highest BCUT2D eigenvalue weighted by molar-refractivity contribution is 9.10. The molecule has 0 saturated carbocycles. The number of esters is 2. The lowest BCUT2D eigenvalue weighted by molar-refractivity contribution is -0.145. The molecule has 0 aliphatic carbocycles. The minimum atomic E-state index is -0.568. The molecule has 1 heterocycles. The first-order chi connectivity index (χ1) is 14.4. The number of rotatable bonds is 9. The van der Waals surface area contributed by atoms with Crippen LogP contribution in [0, 0.1) is 0 Å². The fourth-order valence-electron chi connectivity index (χ4n) is 2.40. The molecule has 2 aromatic rings. The molecule has 1 aromatic heterocycles. The van der Waals surface area contributed by atoms with E-state index in [1.165, 1.54) is 18.4 Å². The Morgan fingerprint density at radius 2 is 1.73 bits per heavy atom. The van der Waals surface area contributed by atoms with E-state index in [1.807, 2.05) is 24.3 Å². The van der Waals surface area contributed by atoms with Gasteiger partial charge in [-0.1, -0.05) is 24.3 Å². The summed E-state index contributed by atoms with van der Waals surface area (Å²) in [4.78, 5) is 36.2. The van der Waals surface area contributed by atoms with Crippen molar-refractivity contribution in [2.24, 2.45) is 0 Å². The van der Waals surface area contributed by atoms with Crippen LogP contribution in [0.2, 0.25) is 0 Å². The molecule has 10 heteroatoms. The van der Waals surface area contributed by atoms with Crippen LogP contribution < -0.4 is 10.1 Å². The van der Waals surface area contributed by atoms with Gasteiger partial charge in [0.1, 0.15) is 0 Å². The van der Waals surface area contributed by atoms with Gasteiger partial charge in [0.05, 0.1) is 29.7 Å². The molecular formula is C20H22BrNO7S. The zero-order valence-corrected chi connectivity index (χ0v) is 19.2. The number of hydrogen-bond donors (Lipinski definition) is 1. The molecule has 8 nitrogen and oxygen atoms in total. The van der Waals surface area contributed by atoms with Crippen LogP contribution in [-0.2, 0) is 25.5 Å². The Kier molecular flexibility index (Phi) is 9.13. The molecule has 0 unspecified atom stereocenters. The van der Waals surface area contributed by atoms with Crippen LogP contribution in [0.15, 0.2) is 28.7 Å². The van der Waals surface area contributed by atoms with Gasteiger partial charge in [0.25, 0.3) is 0 Å². The van der Waals surface area contributed by atoms with Gasteiger partial charge in [-0.3, -0.25) is 0 Å². The molecule has 2 rings (SSSR count). The number of benzene rings is 1. The summed E-state index contributed by atoms with van der Waals surface area (Å²) in [5.74, 6) is -0.879. The average molecular weight is 500 g/mol. The number of methoxy groups -OCH3 is 1. The summed E-state index contributed by atoms with van der Waals surface area (Å²) >= 11 is 4.64. The van der Waals surface area contributed by atoms with Crippen LogP contribution in [0.3, 0.4) is 0 Å². The maximum atomic E-state index is 12.2. The second-order valence-corrected chi connectivity index (χ2v) is 7.57. The number of nitrogens with one attached hydrogen (secondary N) is 1. The largest absolute Gasteiger partial charge is 0.479 e. The summed E-state index contributed by atoms with van der Waals surface area (Å²) in [6, 6.07) is 7.42. The van der Waals surface area contributed by atoms with Gasteiger partial charge in [-0.25, -0.2) is 14.4 Å². The van der Waals surface area contributed by atoms with E-state index < -0.39 is 18.0 Å². The van der Waals surface area contributed by atoms with Crippen molar-refractivity contribution in [2.75, 3.05) is 26.9 Å². The van der Waals surface area contributed by atoms with Crippen molar-refractivity contribution in [1.82, 2.24) is 5.32 Å². The SMILES string of the molecule is CCOC(=O)COc1c(C(=O)OC)sc(-c2ccc(CNC(=O)OCC)cc2)c1Br. The molecule has 0 radical (unpaired) electrons. The van der Waals surface area contributed by atoms with E-state index in [-0.39, 0.29) is 23.8 Å². The second kappa shape index (κ2) is 11.6. The first-order valence-electron chi connectivity index (χ1n) is 9.10. The average Bonchev–Trinajstić information content (AvgIpc) is 3.07. The quantitative estimate of drug-likeness (QED) is 0.408. The topological polar surface area (TPSA) is 100 Å². The maximum absolute atomic E-state index is 12.2. The van der Waals surface area contributed by atoms with Gasteiger partial charge in [-0.15, -0.1) is 11.3 Å². The Balaban J connectivity index is 2.23. The fraction of sp³-hybridized carbons (Fsp3) is 0.350. The Morgan fingerprint density at radius 3 is 2.33 bits per heavy atom. The summed E-state index contributed by atoms with van der Waals surface area (Å²) < 4.78 is 20.6. The predicted octanol–water partition coefficient (Wildman–Crippen LogP) is 4.15. The van der Waals surface area contributed by atoms with Crippen molar-refractivity contribution < 1.29 is 33.3 Å². The number of carbonyl (C=O) groups is 3. The van der Waals surface area contributed by atoms with Crippen molar-refractivity contribution in [1.29, 1.82) is 0 Å². The lowest BCUT2D eigenvalue weighted by Gasteiger charge is -2.07. The highest BCUT2D eigenvalue weighted by Gasteiger charge is 2.25. The highest BCUT2D eigenvalue weighted by Crippen LogP contribution is 2.45. The molecule has 0 fully saturated rings. The van der Waals surface area contributed by atoms with Gasteiger partial charge < -0.3 is 24.3 Å². The summed E-state index contributed by atoms with van der Waals surface area (Å²) in [5.41, 5.74) is 1.70. The second-order valence-electron chi connectivity index (χ2n) is 5.76. The van der Waals surface area contributed by atoms with Crippen LogP contribution in [0.1, 0.15) is 29.1 Å². The van der Waals surface area contributed by atoms with Crippen LogP contribution >= 0.6 is 27.3 Å². The molecule has 0 aliphatic heterocycles. The van der Waals surface area contributed by atoms with Gasteiger partial charge in [0.15, 0.2) is 17.2 Å². The van der Waals surface area contributed by atoms with Gasteiger partial charge in [-0.2, -0.15) is 0 Å². The molecule has 1 aromatic carbocycles. The van der Waals surface area contributed by atoms with Crippen molar-refractivity contribution in [3.63, 3.8) is 0 Å². The molecule has 0 saturated heterocycles. The Morgan fingerprint density at radius 1 is 1.07 bits per heavy atom. The first-order valence-corrected chi connectivity index (χ1v) is 10.7. The summed E-state index contributed by atoms with van der Waals surface area (Å²) in [7, 11) is 1.27. The molecular weight excluding hydrogens is 478 g/mol. The number of amides is 1. The molecule has 0 atom stereocenters. The summed E-state index contributed by atoms with van der Waals surface area (Å²) in [6.45, 7) is 3.97. The summed E-state index contributed by atoms with van der Waals surface area (Å²) in [5, 5.41) is 2.65. The van der Waals surface area contributed by atoms with Gasteiger partial charge in [0.2, 0.25) is 0 Å². The number of hydrogen-bond acceptors (Lipinski definition) is 8. The minimum absolute atomic E-state index is 0.225. The molecule has 30 heavy (non-hydrogen) atoms. The standard InChI is InChI=1S/C20H22BrNO7S/c1-4-27-14(23)11-29-16-15(21)17(30-18(16)19(24)26-3)13-8-6-12(7-9-13)10-22-20(25)28-5-2/h6-9H,4-5,10-11H2,1-3H3,(H,22,25). The Hall–Kier alpha value is -2.59. The lowest BCUT2D eigenvalue weighted by atomic mass is 10.1. The fourth-order valence-corrected chi connectivity index (χ4v) is 4.38. The molecule has 1 N–H and O–H groups in total. The third kappa shape index (κ3) is 6.20. The molecule has 0 spiro atoms. The van der Waals surface area contributed by atoms with E-state index in [1.54, 1.807) is 13.8 Å². The zero-order valence-electron chi connectivity index (χ0n) is 16.8. The van der Waals surface area contributed by atoms with E-state index in [2.05, 4.69) is 21.2 Å². The zero-order chi connectivity index (χ0) is 22.1. The van der Waals surface area contributed by atoms with E-state index >= 15 is 0 Å². The minimum Gasteiger partial charge on any atom is -0.479 e. The van der Waals surface area contributed by atoms with Gasteiger partial charge >= 0.3 is 18.0 Å². The van der Waals surface area contributed by atoms with Gasteiger partial charge in [-0.05, 0) is 40.9 Å². The van der Waals surface area contributed by atoms with Crippen LogP contribution in [0.25, 0.3) is 10.4 Å². The van der Waals surface area contributed by atoms with Crippen LogP contribution in [-0.4, -0.2) is 45.0 Å². The molecule has 1 amide bonds. The first kappa shape index (κ1) is 23.7. The smallest absolute Gasteiger partial charge is 0.407 e. The highest BCUT2D eigenvalue weighted by atomic mass is 79.9. The van der Waals surface area contributed by atoms with Crippen molar-refractivity contribution in [3.8, 4) is 16.2 Å². The number of ether oxygens (including phenoxy) is 4. The number of alkyl carbamates (subject to hydrolysis) is 1. The number of thiophene rings is 1. The third-order valence-electron chi connectivity index (χ3n) is 3.75. The number of carbonyl (C=O) groups excluding carboxylic acids is 3. The lowest BCUT2D eigenvalue weighted by Crippen LogP contribution is -2.23. The van der Waals surface area contributed by atoms with E-state index in [0.717, 1.165) is 16.0 Å². The molecule has 0 bridgehead atoms. The van der Waals surface area contributed by atoms with Crippen LogP contribution in [0.5, 0.6) is 5.75 Å². The maximum Gasteiger partial charge on any atom is 0.407 e. The van der Waals surface area contributed by atoms with Crippen molar-refractivity contribution >= 4 is 45.3 Å². The van der Waals surface area contributed by atoms with E-state index in [9.17, 15) is 14.4 Å². The third-order valence-corrected chi connectivity index (χ3v) is 5.97. The number of halogens is 1. The Bertz CT molecular complexity index is 895. The monoisotopic (exact) mass is 499 g/mol. The molecule has 162 valence electrons. The summed E-state index contributed by atoms with van der Waals surface area (Å²) in [6.07, 6.45) is -0.478. The van der Waals surface area contributed by atoms with Crippen LogP contribution in [0.4, 0.5) is 4.79 Å². The van der Waals surface area contributed by atoms with Gasteiger partial charge in [0, 0.05) is 6.54 Å². The Labute approximate surface area is 186 Å².